The van der Waals surface area contributed by atoms with E-state index < -0.39 is 7.44 Å². The molecule has 7 heteroatoms. The molecule has 4 aliphatic rings. The molecule has 0 spiro atoms. The summed E-state index contributed by atoms with van der Waals surface area (Å²) in [5, 5.41) is 6.12. The quantitative estimate of drug-likeness (QED) is 0.641. The number of fused-ring (bicyclic) bond motifs is 1. The minimum atomic E-state index is -3.03. The molecule has 2 fully saturated rings. The van der Waals surface area contributed by atoms with Crippen LogP contribution in [0, 0.1) is 5.41 Å². The Morgan fingerprint density at radius 3 is 2.37 bits per heavy atom. The summed E-state index contributed by atoms with van der Waals surface area (Å²) in [6, 6.07) is 10.1. The Bertz CT molecular complexity index is 899. The highest BCUT2D eigenvalue weighted by Crippen LogP contribution is 2.69. The number of hydrogen-bond acceptors (Lipinski definition) is 4. The summed E-state index contributed by atoms with van der Waals surface area (Å²) in [4.78, 5) is 2.43. The van der Waals surface area contributed by atoms with Gasteiger partial charge in [-0.3, -0.25) is 4.57 Å². The predicted octanol–water partition coefficient (Wildman–Crippen LogP) is 4.91. The SMILES string of the molecule is CC1(C)CC2=NN(c3ccccc3)[P@](=O)(N3CCCCC3)C2=C(N2CCOCC2)C1. The lowest BCUT2D eigenvalue weighted by Crippen LogP contribution is -2.41. The lowest BCUT2D eigenvalue weighted by atomic mass is 9.78. The van der Waals surface area contributed by atoms with Gasteiger partial charge in [-0.25, -0.2) is 4.67 Å². The van der Waals surface area contributed by atoms with Crippen molar-refractivity contribution in [3.63, 3.8) is 0 Å². The van der Waals surface area contributed by atoms with E-state index >= 15 is 4.57 Å². The maximum atomic E-state index is 15.2. The molecule has 6 nitrogen and oxygen atoms in total. The molecule has 30 heavy (non-hydrogen) atoms. The number of hydrazone groups is 1. The molecule has 2 saturated heterocycles. The minimum Gasteiger partial charge on any atom is -0.378 e. The van der Waals surface area contributed by atoms with Gasteiger partial charge in [-0.05, 0) is 43.2 Å². The van der Waals surface area contributed by atoms with Crippen LogP contribution < -0.4 is 4.78 Å². The Morgan fingerprint density at radius 2 is 1.67 bits per heavy atom. The van der Waals surface area contributed by atoms with Crippen molar-refractivity contribution in [2.45, 2.75) is 46.0 Å². The molecule has 5 rings (SSSR count). The molecule has 1 aliphatic carbocycles. The zero-order chi connectivity index (χ0) is 20.8. The number of hydrogen-bond donors (Lipinski definition) is 0. The lowest BCUT2D eigenvalue weighted by molar-refractivity contribution is 0.0489. The van der Waals surface area contributed by atoms with Crippen LogP contribution in [-0.2, 0) is 9.30 Å². The van der Waals surface area contributed by atoms with E-state index in [9.17, 15) is 0 Å². The van der Waals surface area contributed by atoms with Crippen molar-refractivity contribution >= 4 is 18.8 Å². The number of anilines is 1. The number of nitrogens with zero attached hydrogens (tertiary/aromatic N) is 4. The molecule has 0 bridgehead atoms. The van der Waals surface area contributed by atoms with Crippen molar-refractivity contribution in [3.05, 3.63) is 41.3 Å². The van der Waals surface area contributed by atoms with Crippen molar-refractivity contribution in [1.82, 2.24) is 9.57 Å². The van der Waals surface area contributed by atoms with Gasteiger partial charge < -0.3 is 9.64 Å². The molecule has 1 atom stereocenters. The van der Waals surface area contributed by atoms with Gasteiger partial charge in [0, 0.05) is 31.9 Å². The van der Waals surface area contributed by atoms with E-state index in [2.05, 4.69) is 23.4 Å². The standard InChI is InChI=1S/C23H33N4O2P/c1-23(2)17-20-22(21(18-23)25-13-15-29-16-14-25)30(28,26-11-7-4-8-12-26)27(24-20)19-9-5-3-6-10-19/h3,5-6,9-10H,4,7-8,11-18H2,1-2H3/t30-/m1/s1. The Morgan fingerprint density at radius 1 is 0.967 bits per heavy atom. The van der Waals surface area contributed by atoms with Crippen molar-refractivity contribution in [1.29, 1.82) is 0 Å². The highest BCUT2D eigenvalue weighted by molar-refractivity contribution is 7.69. The number of piperidine rings is 1. The molecule has 0 aromatic heterocycles. The first-order valence-corrected chi connectivity index (χ1v) is 13.0. The average Bonchev–Trinajstić information content (AvgIpc) is 3.07. The van der Waals surface area contributed by atoms with Crippen LogP contribution in [-0.4, -0.2) is 54.7 Å². The monoisotopic (exact) mass is 428 g/mol. The van der Waals surface area contributed by atoms with Crippen molar-refractivity contribution in [2.24, 2.45) is 10.5 Å². The zero-order valence-electron chi connectivity index (χ0n) is 18.2. The van der Waals surface area contributed by atoms with Gasteiger partial charge in [0.2, 0.25) is 0 Å². The number of benzene rings is 1. The van der Waals surface area contributed by atoms with Gasteiger partial charge in [0.25, 0.3) is 7.44 Å². The van der Waals surface area contributed by atoms with Crippen LogP contribution in [0.15, 0.2) is 46.4 Å². The van der Waals surface area contributed by atoms with Crippen LogP contribution in [0.25, 0.3) is 0 Å². The highest BCUT2D eigenvalue weighted by Gasteiger charge is 2.53. The van der Waals surface area contributed by atoms with E-state index in [-0.39, 0.29) is 5.41 Å². The fourth-order valence-electron chi connectivity index (χ4n) is 5.27. The molecule has 3 heterocycles. The molecule has 0 saturated carbocycles. The van der Waals surface area contributed by atoms with Crippen LogP contribution >= 0.6 is 7.44 Å². The van der Waals surface area contributed by atoms with Crippen LogP contribution in [0.1, 0.15) is 46.0 Å². The van der Waals surface area contributed by atoms with E-state index in [0.717, 1.165) is 81.8 Å². The van der Waals surface area contributed by atoms with Crippen molar-refractivity contribution < 1.29 is 9.30 Å². The summed E-state index contributed by atoms with van der Waals surface area (Å²) >= 11 is 0. The summed E-state index contributed by atoms with van der Waals surface area (Å²) in [5.74, 6) is 0. The molecular formula is C23H33N4O2P. The maximum absolute atomic E-state index is 15.2. The summed E-state index contributed by atoms with van der Waals surface area (Å²) in [6.07, 6.45) is 5.25. The molecule has 3 aliphatic heterocycles. The van der Waals surface area contributed by atoms with Gasteiger partial charge in [-0.15, -0.1) is 0 Å². The van der Waals surface area contributed by atoms with Crippen LogP contribution in [0.2, 0.25) is 0 Å². The van der Waals surface area contributed by atoms with Gasteiger partial charge in [0.05, 0.1) is 29.9 Å². The summed E-state index contributed by atoms with van der Waals surface area (Å²) < 4.78 is 24.9. The smallest absolute Gasteiger partial charge is 0.292 e. The Hall–Kier alpha value is -1.62. The van der Waals surface area contributed by atoms with E-state index in [1.54, 1.807) is 0 Å². The number of morpholine rings is 1. The van der Waals surface area contributed by atoms with E-state index in [1.807, 2.05) is 35.1 Å². The molecule has 0 N–H and O–H groups in total. The second-order valence-electron chi connectivity index (χ2n) is 9.64. The topological polar surface area (TPSA) is 48.4 Å². The molecule has 1 aromatic rings. The fourth-order valence-corrected chi connectivity index (χ4v) is 8.50. The maximum Gasteiger partial charge on any atom is 0.292 e. The summed E-state index contributed by atoms with van der Waals surface area (Å²) in [6.45, 7) is 9.59. The number of rotatable bonds is 3. The predicted molar refractivity (Wildman–Crippen MR) is 122 cm³/mol. The number of ether oxygens (including phenoxy) is 1. The Labute approximate surface area is 180 Å². The molecular weight excluding hydrogens is 395 g/mol. The minimum absolute atomic E-state index is 0.107. The van der Waals surface area contributed by atoms with Crippen LogP contribution in [0.4, 0.5) is 5.69 Å². The van der Waals surface area contributed by atoms with E-state index in [0.29, 0.717) is 0 Å². The first-order chi connectivity index (χ1) is 14.5. The van der Waals surface area contributed by atoms with Gasteiger partial charge >= 0.3 is 0 Å². The van der Waals surface area contributed by atoms with E-state index in [1.165, 1.54) is 12.1 Å². The third-order valence-electron chi connectivity index (χ3n) is 6.70. The molecule has 162 valence electrons. The van der Waals surface area contributed by atoms with Gasteiger partial charge in [-0.1, -0.05) is 38.5 Å². The zero-order valence-corrected chi connectivity index (χ0v) is 19.1. The fraction of sp³-hybridized carbons (Fsp3) is 0.609. The largest absolute Gasteiger partial charge is 0.378 e. The highest BCUT2D eigenvalue weighted by atomic mass is 31.2. The summed E-state index contributed by atoms with van der Waals surface area (Å²) in [5.41, 5.74) is 3.32. The molecule has 0 amide bonds. The van der Waals surface area contributed by atoms with Gasteiger partial charge in [0.1, 0.15) is 0 Å². The molecule has 0 unspecified atom stereocenters. The normalized spacial score (nSPS) is 29.7. The Kier molecular flexibility index (Phi) is 5.29. The summed E-state index contributed by atoms with van der Waals surface area (Å²) in [7, 11) is -3.03. The van der Waals surface area contributed by atoms with Gasteiger partial charge in [-0.2, -0.15) is 9.88 Å². The van der Waals surface area contributed by atoms with Crippen LogP contribution in [0.3, 0.4) is 0 Å². The first kappa shape index (κ1) is 20.3. The van der Waals surface area contributed by atoms with Crippen molar-refractivity contribution in [3.8, 4) is 0 Å². The van der Waals surface area contributed by atoms with E-state index in [4.69, 9.17) is 9.84 Å². The average molecular weight is 429 g/mol. The molecule has 0 radical (unpaired) electrons. The second-order valence-corrected chi connectivity index (χ2v) is 12.1. The Balaban J connectivity index is 1.68. The number of allylic oxidation sites excluding steroid dienone is 2. The first-order valence-electron chi connectivity index (χ1n) is 11.3. The number of para-hydroxylation sites is 1. The van der Waals surface area contributed by atoms with Crippen LogP contribution in [0.5, 0.6) is 0 Å². The lowest BCUT2D eigenvalue weighted by Gasteiger charge is -2.43. The van der Waals surface area contributed by atoms with Gasteiger partial charge in [0.15, 0.2) is 0 Å². The third kappa shape index (κ3) is 3.43. The van der Waals surface area contributed by atoms with Crippen molar-refractivity contribution in [2.75, 3.05) is 44.2 Å². The molecule has 1 aromatic carbocycles. The third-order valence-corrected chi connectivity index (χ3v) is 9.80. The second kappa shape index (κ2) is 7.81.